The predicted octanol–water partition coefficient (Wildman–Crippen LogP) is 3.34. The van der Waals surface area contributed by atoms with E-state index in [-0.39, 0.29) is 0 Å². The van der Waals surface area contributed by atoms with Gasteiger partial charge in [0.1, 0.15) is 16.5 Å². The molecule has 1 aromatic rings. The van der Waals surface area contributed by atoms with Crippen molar-refractivity contribution in [3.05, 3.63) is 22.3 Å². The fourth-order valence-electron chi connectivity index (χ4n) is 1.78. The van der Waals surface area contributed by atoms with Gasteiger partial charge in [-0.25, -0.2) is 4.98 Å². The molecule has 0 spiro atoms. The summed E-state index contributed by atoms with van der Waals surface area (Å²) in [6, 6.07) is 6.54. The van der Waals surface area contributed by atoms with Crippen molar-refractivity contribution in [2.45, 2.75) is 39.8 Å². The van der Waals surface area contributed by atoms with Gasteiger partial charge >= 0.3 is 0 Å². The smallest absolute Gasteiger partial charge is 0.130 e. The fourth-order valence-corrected chi connectivity index (χ4v) is 2.18. The van der Waals surface area contributed by atoms with E-state index in [1.807, 2.05) is 6.07 Å². The van der Waals surface area contributed by atoms with E-state index in [0.29, 0.717) is 22.3 Å². The number of nitrogens with zero attached hydrogens (tertiary/aromatic N) is 3. The van der Waals surface area contributed by atoms with Crippen LogP contribution in [-0.2, 0) is 0 Å². The Balaban J connectivity index is 3.13. The van der Waals surface area contributed by atoms with Crippen molar-refractivity contribution in [1.82, 2.24) is 4.98 Å². The van der Waals surface area contributed by atoms with E-state index in [0.717, 1.165) is 5.82 Å². The molecule has 0 aliphatic rings. The zero-order valence-electron chi connectivity index (χ0n) is 10.0. The molecule has 0 aromatic carbocycles. The van der Waals surface area contributed by atoms with E-state index in [4.69, 9.17) is 5.26 Å². The lowest BCUT2D eigenvalue weighted by molar-refractivity contribution is 0.600. The van der Waals surface area contributed by atoms with Crippen molar-refractivity contribution in [3.63, 3.8) is 0 Å². The summed E-state index contributed by atoms with van der Waals surface area (Å²) < 4.78 is 0.610. The molecule has 0 amide bonds. The molecule has 16 heavy (non-hydrogen) atoms. The average Bonchev–Trinajstić information content (AvgIpc) is 2.16. The van der Waals surface area contributed by atoms with Crippen molar-refractivity contribution in [1.29, 1.82) is 5.26 Å². The largest absolute Gasteiger partial charge is 0.352 e. The minimum atomic E-state index is 0.382. The molecule has 1 heterocycles. The molecule has 0 atom stereocenters. The van der Waals surface area contributed by atoms with Crippen LogP contribution in [0.1, 0.15) is 33.3 Å². The Hall–Kier alpha value is -1.08. The number of pyridine rings is 1. The van der Waals surface area contributed by atoms with Crippen molar-refractivity contribution in [2.75, 3.05) is 4.90 Å². The van der Waals surface area contributed by atoms with Crippen LogP contribution in [0.15, 0.2) is 16.7 Å². The van der Waals surface area contributed by atoms with Gasteiger partial charge in [-0.1, -0.05) is 0 Å². The van der Waals surface area contributed by atoms with E-state index in [1.165, 1.54) is 0 Å². The Bertz CT molecular complexity index is 399. The van der Waals surface area contributed by atoms with Gasteiger partial charge in [0.25, 0.3) is 0 Å². The molecule has 0 N–H and O–H groups in total. The van der Waals surface area contributed by atoms with Crippen LogP contribution in [0.4, 0.5) is 5.82 Å². The van der Waals surface area contributed by atoms with Gasteiger partial charge in [-0.15, -0.1) is 0 Å². The summed E-state index contributed by atoms with van der Waals surface area (Å²) in [6.45, 7) is 8.53. The maximum absolute atomic E-state index is 8.83. The highest BCUT2D eigenvalue weighted by Crippen LogP contribution is 2.22. The normalized spacial score (nSPS) is 10.6. The number of halogens is 1. The molecule has 0 saturated heterocycles. The second-order valence-electron chi connectivity index (χ2n) is 4.21. The molecule has 0 aliphatic carbocycles. The van der Waals surface area contributed by atoms with Gasteiger partial charge in [0.15, 0.2) is 0 Å². The second-order valence-corrected chi connectivity index (χ2v) is 4.97. The molecule has 0 saturated carbocycles. The molecule has 4 heteroatoms. The Morgan fingerprint density at radius 3 is 2.19 bits per heavy atom. The van der Waals surface area contributed by atoms with Gasteiger partial charge in [-0.05, 0) is 55.8 Å². The average molecular weight is 282 g/mol. The summed E-state index contributed by atoms with van der Waals surface area (Å²) in [5.74, 6) is 0.899. The lowest BCUT2D eigenvalue weighted by atomic mass is 10.2. The summed E-state index contributed by atoms with van der Waals surface area (Å²) >= 11 is 3.31. The maximum atomic E-state index is 8.83. The van der Waals surface area contributed by atoms with Gasteiger partial charge in [-0.3, -0.25) is 0 Å². The Kier molecular flexibility index (Phi) is 4.31. The van der Waals surface area contributed by atoms with Crippen LogP contribution in [0.5, 0.6) is 0 Å². The van der Waals surface area contributed by atoms with E-state index in [1.54, 1.807) is 6.07 Å². The molecule has 1 rings (SSSR count). The zero-order chi connectivity index (χ0) is 12.3. The molecule has 0 unspecified atom stereocenters. The molecular weight excluding hydrogens is 266 g/mol. The number of anilines is 1. The van der Waals surface area contributed by atoms with Gasteiger partial charge in [0, 0.05) is 12.1 Å². The van der Waals surface area contributed by atoms with Crippen molar-refractivity contribution < 1.29 is 0 Å². The van der Waals surface area contributed by atoms with Gasteiger partial charge in [0.2, 0.25) is 0 Å². The predicted molar refractivity (Wildman–Crippen MR) is 69.4 cm³/mol. The lowest BCUT2D eigenvalue weighted by Gasteiger charge is -2.32. The van der Waals surface area contributed by atoms with Gasteiger partial charge in [-0.2, -0.15) is 5.26 Å². The third-order valence-corrected chi connectivity index (χ3v) is 2.94. The second kappa shape index (κ2) is 5.31. The highest BCUT2D eigenvalue weighted by Gasteiger charge is 2.16. The van der Waals surface area contributed by atoms with Crippen molar-refractivity contribution in [3.8, 4) is 6.07 Å². The topological polar surface area (TPSA) is 39.9 Å². The molecule has 0 bridgehead atoms. The summed E-state index contributed by atoms with van der Waals surface area (Å²) in [7, 11) is 0. The highest BCUT2D eigenvalue weighted by atomic mass is 79.9. The first-order valence-corrected chi connectivity index (χ1v) is 6.11. The van der Waals surface area contributed by atoms with Gasteiger partial charge in [0.05, 0.1) is 5.56 Å². The summed E-state index contributed by atoms with van der Waals surface area (Å²) in [6.07, 6.45) is 0. The first kappa shape index (κ1) is 13.0. The van der Waals surface area contributed by atoms with Crippen molar-refractivity contribution >= 4 is 21.7 Å². The SMILES string of the molecule is CC(C)N(c1ccc(C#N)c(Br)n1)C(C)C. The van der Waals surface area contributed by atoms with Crippen LogP contribution in [0.25, 0.3) is 0 Å². The number of aromatic nitrogens is 1. The fraction of sp³-hybridized carbons (Fsp3) is 0.500. The summed E-state index contributed by atoms with van der Waals surface area (Å²) in [5.41, 5.74) is 0.566. The van der Waals surface area contributed by atoms with Crippen LogP contribution >= 0.6 is 15.9 Å². The molecule has 1 aromatic heterocycles. The molecule has 0 fully saturated rings. The van der Waals surface area contributed by atoms with E-state index in [2.05, 4.69) is 59.6 Å². The third-order valence-electron chi connectivity index (χ3n) is 2.33. The number of nitriles is 1. The van der Waals surface area contributed by atoms with E-state index in [9.17, 15) is 0 Å². The standard InChI is InChI=1S/C12H16BrN3/c1-8(2)16(9(3)4)11-6-5-10(7-14)12(13)15-11/h5-6,8-9H,1-4H3. The van der Waals surface area contributed by atoms with Crippen LogP contribution in [-0.4, -0.2) is 17.1 Å². The molecule has 86 valence electrons. The summed E-state index contributed by atoms with van der Waals surface area (Å²) in [5, 5.41) is 8.83. The van der Waals surface area contributed by atoms with Crippen LogP contribution in [0, 0.1) is 11.3 Å². The molecule has 3 nitrogen and oxygen atoms in total. The first-order chi connectivity index (χ1) is 7.47. The Morgan fingerprint density at radius 1 is 1.25 bits per heavy atom. The van der Waals surface area contributed by atoms with Crippen LogP contribution < -0.4 is 4.90 Å². The van der Waals surface area contributed by atoms with E-state index >= 15 is 0 Å². The van der Waals surface area contributed by atoms with Crippen molar-refractivity contribution in [2.24, 2.45) is 0 Å². The zero-order valence-corrected chi connectivity index (χ0v) is 11.6. The number of hydrogen-bond acceptors (Lipinski definition) is 3. The quantitative estimate of drug-likeness (QED) is 0.798. The highest BCUT2D eigenvalue weighted by molar-refractivity contribution is 9.10. The maximum Gasteiger partial charge on any atom is 0.130 e. The molecule has 0 aliphatic heterocycles. The third kappa shape index (κ3) is 2.73. The first-order valence-electron chi connectivity index (χ1n) is 5.32. The molecule has 0 radical (unpaired) electrons. The minimum absolute atomic E-state index is 0.382. The minimum Gasteiger partial charge on any atom is -0.352 e. The summed E-state index contributed by atoms with van der Waals surface area (Å²) in [4.78, 5) is 6.62. The number of hydrogen-bond donors (Lipinski definition) is 0. The van der Waals surface area contributed by atoms with Gasteiger partial charge < -0.3 is 4.90 Å². The van der Waals surface area contributed by atoms with E-state index < -0.39 is 0 Å². The monoisotopic (exact) mass is 281 g/mol. The number of rotatable bonds is 3. The van der Waals surface area contributed by atoms with Crippen LogP contribution in [0.2, 0.25) is 0 Å². The Labute approximate surface area is 105 Å². The molecular formula is C12H16BrN3. The van der Waals surface area contributed by atoms with Crippen LogP contribution in [0.3, 0.4) is 0 Å². The lowest BCUT2D eigenvalue weighted by Crippen LogP contribution is -2.37. The Morgan fingerprint density at radius 2 is 1.81 bits per heavy atom.